The van der Waals surface area contributed by atoms with Gasteiger partial charge in [-0.05, 0) is 89.5 Å². The lowest BCUT2D eigenvalue weighted by molar-refractivity contribution is -0.122. The molecule has 1 N–H and O–H groups in total. The van der Waals surface area contributed by atoms with Crippen molar-refractivity contribution in [3.8, 4) is 11.5 Å². The fourth-order valence-electron chi connectivity index (χ4n) is 3.76. The van der Waals surface area contributed by atoms with Crippen molar-refractivity contribution in [3.63, 3.8) is 0 Å². The lowest BCUT2D eigenvalue weighted by atomic mass is 10.0. The Balaban J connectivity index is 1.66. The van der Waals surface area contributed by atoms with E-state index in [1.807, 2.05) is 19.1 Å². The number of hydrogen-bond acceptors (Lipinski definition) is 5. The quantitative estimate of drug-likeness (QED) is 0.188. The number of halogens is 3. The zero-order chi connectivity index (χ0) is 26.9. The number of methoxy groups -OCH3 is 1. The number of hydrogen-bond donors (Lipinski definition) is 1. The minimum absolute atomic E-state index is 0.177. The minimum atomic E-state index is -0.794. The summed E-state index contributed by atoms with van der Waals surface area (Å²) >= 11 is 14.3. The number of imide groups is 2. The summed E-state index contributed by atoms with van der Waals surface area (Å²) in [6, 6.07) is 13.2. The molecule has 0 atom stereocenters. The Morgan fingerprint density at radius 3 is 2.49 bits per heavy atom. The maximum atomic E-state index is 13.3. The highest BCUT2D eigenvalue weighted by Gasteiger charge is 2.37. The van der Waals surface area contributed by atoms with E-state index in [0.717, 1.165) is 21.6 Å². The molecule has 0 bridgehead atoms. The number of ether oxygens (including phenoxy) is 2. The van der Waals surface area contributed by atoms with Gasteiger partial charge in [-0.15, -0.1) is 0 Å². The van der Waals surface area contributed by atoms with E-state index >= 15 is 0 Å². The third-order valence-electron chi connectivity index (χ3n) is 5.66. The van der Waals surface area contributed by atoms with Crippen LogP contribution in [-0.4, -0.2) is 25.0 Å². The number of carbonyl (C=O) groups excluding carboxylic acids is 3. The Labute approximate surface area is 237 Å². The molecule has 190 valence electrons. The Kier molecular flexibility index (Phi) is 8.11. The van der Waals surface area contributed by atoms with Crippen LogP contribution < -0.4 is 19.7 Å². The summed E-state index contributed by atoms with van der Waals surface area (Å²) in [6.07, 6.45) is 1.42. The number of urea groups is 1. The molecule has 37 heavy (non-hydrogen) atoms. The highest BCUT2D eigenvalue weighted by Crippen LogP contribution is 2.36. The molecule has 0 spiro atoms. The van der Waals surface area contributed by atoms with Gasteiger partial charge in [-0.2, -0.15) is 0 Å². The molecular formula is C27H21Cl2IN2O5. The van der Waals surface area contributed by atoms with E-state index in [1.165, 1.54) is 13.2 Å². The van der Waals surface area contributed by atoms with Gasteiger partial charge in [0.05, 0.1) is 16.4 Å². The van der Waals surface area contributed by atoms with E-state index in [9.17, 15) is 14.4 Å². The zero-order valence-corrected chi connectivity index (χ0v) is 23.7. The first-order chi connectivity index (χ1) is 17.6. The monoisotopic (exact) mass is 650 g/mol. The molecule has 1 aliphatic heterocycles. The van der Waals surface area contributed by atoms with E-state index in [1.54, 1.807) is 43.3 Å². The van der Waals surface area contributed by atoms with E-state index in [4.69, 9.17) is 32.7 Å². The van der Waals surface area contributed by atoms with Crippen molar-refractivity contribution in [2.75, 3.05) is 12.0 Å². The zero-order valence-electron chi connectivity index (χ0n) is 20.0. The molecule has 0 unspecified atom stereocenters. The Morgan fingerprint density at radius 1 is 1.03 bits per heavy atom. The van der Waals surface area contributed by atoms with Crippen LogP contribution in [0.25, 0.3) is 6.08 Å². The summed E-state index contributed by atoms with van der Waals surface area (Å²) in [4.78, 5) is 39.6. The number of barbiturate groups is 1. The SMILES string of the molecule is COc1cc(/C=C2\C(=O)NC(=O)N(c3cc(C)ccc3C)C2=O)cc(I)c1OCc1ccc(Cl)cc1Cl. The fraction of sp³-hybridized carbons (Fsp3) is 0.148. The molecule has 4 rings (SSSR count). The van der Waals surface area contributed by atoms with Gasteiger partial charge < -0.3 is 9.47 Å². The third kappa shape index (κ3) is 5.76. The van der Waals surface area contributed by atoms with Gasteiger partial charge in [-0.1, -0.05) is 41.4 Å². The van der Waals surface area contributed by atoms with Crippen LogP contribution >= 0.6 is 45.8 Å². The molecule has 1 saturated heterocycles. The van der Waals surface area contributed by atoms with Gasteiger partial charge in [0.1, 0.15) is 12.2 Å². The average Bonchev–Trinajstić information content (AvgIpc) is 2.83. The van der Waals surface area contributed by atoms with E-state index in [2.05, 4.69) is 27.9 Å². The molecule has 10 heteroatoms. The number of anilines is 1. The van der Waals surface area contributed by atoms with E-state index < -0.39 is 17.8 Å². The predicted molar refractivity (Wildman–Crippen MR) is 151 cm³/mol. The average molecular weight is 651 g/mol. The summed E-state index contributed by atoms with van der Waals surface area (Å²) in [5.74, 6) is -0.616. The number of nitrogens with zero attached hydrogens (tertiary/aromatic N) is 1. The van der Waals surface area contributed by atoms with Gasteiger partial charge >= 0.3 is 6.03 Å². The summed E-state index contributed by atoms with van der Waals surface area (Å²) in [7, 11) is 1.49. The van der Waals surface area contributed by atoms with Crippen molar-refractivity contribution in [2.45, 2.75) is 20.5 Å². The van der Waals surface area contributed by atoms with Gasteiger partial charge in [-0.3, -0.25) is 14.9 Å². The van der Waals surface area contributed by atoms with Gasteiger partial charge in [0, 0.05) is 15.6 Å². The minimum Gasteiger partial charge on any atom is -0.493 e. The van der Waals surface area contributed by atoms with Gasteiger partial charge in [0.15, 0.2) is 11.5 Å². The summed E-state index contributed by atoms with van der Waals surface area (Å²) in [5, 5.41) is 3.26. The second kappa shape index (κ2) is 11.1. The lowest BCUT2D eigenvalue weighted by Gasteiger charge is -2.28. The molecule has 1 heterocycles. The van der Waals surface area contributed by atoms with E-state index in [-0.39, 0.29) is 12.2 Å². The van der Waals surface area contributed by atoms with Gasteiger partial charge in [-0.25, -0.2) is 9.69 Å². The van der Waals surface area contributed by atoms with Crippen LogP contribution in [0, 0.1) is 17.4 Å². The number of rotatable bonds is 6. The normalized spacial score (nSPS) is 14.7. The number of amides is 4. The highest BCUT2D eigenvalue weighted by atomic mass is 127. The maximum Gasteiger partial charge on any atom is 0.335 e. The Hall–Kier alpha value is -3.08. The predicted octanol–water partition coefficient (Wildman–Crippen LogP) is 6.47. The smallest absolute Gasteiger partial charge is 0.335 e. The first-order valence-electron chi connectivity index (χ1n) is 11.0. The molecule has 0 radical (unpaired) electrons. The fourth-order valence-corrected chi connectivity index (χ4v) is 5.00. The van der Waals surface area contributed by atoms with E-state index in [0.29, 0.717) is 36.4 Å². The van der Waals surface area contributed by atoms with Gasteiger partial charge in [0.2, 0.25) is 0 Å². The Morgan fingerprint density at radius 2 is 1.78 bits per heavy atom. The van der Waals surface area contributed by atoms with Crippen LogP contribution in [-0.2, 0) is 16.2 Å². The van der Waals surface area contributed by atoms with Crippen molar-refractivity contribution in [2.24, 2.45) is 0 Å². The second-order valence-electron chi connectivity index (χ2n) is 8.31. The van der Waals surface area contributed by atoms with Crippen molar-refractivity contribution < 1.29 is 23.9 Å². The molecule has 0 saturated carbocycles. The highest BCUT2D eigenvalue weighted by molar-refractivity contribution is 14.1. The number of carbonyl (C=O) groups is 3. The number of nitrogens with one attached hydrogen (secondary N) is 1. The largest absolute Gasteiger partial charge is 0.493 e. The molecule has 0 aromatic heterocycles. The first-order valence-corrected chi connectivity index (χ1v) is 12.9. The third-order valence-corrected chi connectivity index (χ3v) is 7.05. The topological polar surface area (TPSA) is 84.9 Å². The molecular weight excluding hydrogens is 630 g/mol. The number of aryl methyl sites for hydroxylation is 2. The molecule has 7 nitrogen and oxygen atoms in total. The van der Waals surface area contributed by atoms with Crippen molar-refractivity contribution in [1.29, 1.82) is 0 Å². The molecule has 4 amide bonds. The second-order valence-corrected chi connectivity index (χ2v) is 10.3. The number of benzene rings is 3. The van der Waals surface area contributed by atoms with Crippen LogP contribution in [0.15, 0.2) is 54.1 Å². The van der Waals surface area contributed by atoms with Gasteiger partial charge in [0.25, 0.3) is 11.8 Å². The molecule has 3 aromatic carbocycles. The van der Waals surface area contributed by atoms with Crippen molar-refractivity contribution in [3.05, 3.63) is 90.0 Å². The van der Waals surface area contributed by atoms with Crippen LogP contribution in [0.5, 0.6) is 11.5 Å². The first kappa shape index (κ1) is 27.0. The molecule has 1 fully saturated rings. The van der Waals surface area contributed by atoms with Crippen LogP contribution in [0.2, 0.25) is 10.0 Å². The lowest BCUT2D eigenvalue weighted by Crippen LogP contribution is -2.54. The summed E-state index contributed by atoms with van der Waals surface area (Å²) in [6.45, 7) is 3.82. The van der Waals surface area contributed by atoms with Crippen LogP contribution in [0.4, 0.5) is 10.5 Å². The summed E-state index contributed by atoms with van der Waals surface area (Å²) in [5.41, 5.74) is 3.10. The molecule has 1 aliphatic rings. The van der Waals surface area contributed by atoms with Crippen molar-refractivity contribution in [1.82, 2.24) is 5.32 Å². The Bertz CT molecular complexity index is 1470. The van der Waals surface area contributed by atoms with Crippen LogP contribution in [0.3, 0.4) is 0 Å². The molecule has 3 aromatic rings. The standard InChI is InChI=1S/C27H21Cl2IN2O5/c1-14-4-5-15(2)22(8-14)32-26(34)19(25(33)31-27(32)35)9-16-10-21(30)24(23(11-16)36-3)37-13-17-6-7-18(28)12-20(17)29/h4-12H,13H2,1-3H3,(H,31,33,35)/b19-9+. The van der Waals surface area contributed by atoms with Crippen molar-refractivity contribution >= 4 is 75.4 Å². The molecule has 0 aliphatic carbocycles. The summed E-state index contributed by atoms with van der Waals surface area (Å²) < 4.78 is 12.2. The maximum absolute atomic E-state index is 13.3. The van der Waals surface area contributed by atoms with Crippen LogP contribution in [0.1, 0.15) is 22.3 Å².